The fraction of sp³-hybridized carbons (Fsp3) is 0.333. The molecule has 0 aliphatic heterocycles. The van der Waals surface area contributed by atoms with Crippen LogP contribution >= 0.6 is 46.0 Å². The summed E-state index contributed by atoms with van der Waals surface area (Å²) < 4.78 is 1.12. The van der Waals surface area contributed by atoms with Crippen LogP contribution in [0.3, 0.4) is 0 Å². The molecule has 1 aromatic carbocycles. The molecule has 0 aliphatic carbocycles. The second kappa shape index (κ2) is 8.19. The third-order valence-electron chi connectivity index (χ3n) is 2.85. The minimum atomic E-state index is 0.739. The number of aryl methyl sites for hydroxylation is 1. The average molecular weight is 434 g/mol. The van der Waals surface area contributed by atoms with Crippen molar-refractivity contribution in [1.29, 1.82) is 0 Å². The normalized spacial score (nSPS) is 10.7. The largest absolute Gasteiger partial charge is 0.372 e. The van der Waals surface area contributed by atoms with Gasteiger partial charge in [-0.25, -0.2) is 9.97 Å². The Kier molecular flexibility index (Phi) is 6.57. The van der Waals surface area contributed by atoms with E-state index < -0.39 is 0 Å². The van der Waals surface area contributed by atoms with Crippen molar-refractivity contribution in [2.45, 2.75) is 30.4 Å². The van der Waals surface area contributed by atoms with Gasteiger partial charge in [0.05, 0.1) is 15.0 Å². The Morgan fingerprint density at radius 3 is 2.81 bits per heavy atom. The van der Waals surface area contributed by atoms with Gasteiger partial charge in [-0.2, -0.15) is 0 Å². The van der Waals surface area contributed by atoms with Crippen LogP contribution in [0.5, 0.6) is 0 Å². The molecule has 0 fully saturated rings. The van der Waals surface area contributed by atoms with Crippen LogP contribution in [-0.2, 0) is 12.2 Å². The molecular formula is C15H17ClIN3S. The van der Waals surface area contributed by atoms with Crippen LogP contribution in [0.25, 0.3) is 0 Å². The number of hydrogen-bond donors (Lipinski definition) is 1. The van der Waals surface area contributed by atoms with Gasteiger partial charge in [0, 0.05) is 17.0 Å². The SMILES string of the molecule is CCCc1nc(CSc2cccc(Cl)c2)nc(NC)c1I. The van der Waals surface area contributed by atoms with E-state index in [0.717, 1.165) is 49.4 Å². The molecule has 0 bridgehead atoms. The van der Waals surface area contributed by atoms with E-state index in [2.05, 4.69) is 45.9 Å². The lowest BCUT2D eigenvalue weighted by molar-refractivity contribution is 0.846. The Hall–Kier alpha value is -0.530. The molecular weight excluding hydrogens is 417 g/mol. The molecule has 0 atom stereocenters. The number of thioether (sulfide) groups is 1. The number of nitrogens with one attached hydrogen (secondary N) is 1. The quantitative estimate of drug-likeness (QED) is 0.513. The van der Waals surface area contributed by atoms with Crippen molar-refractivity contribution in [3.63, 3.8) is 0 Å². The second-order valence-corrected chi connectivity index (χ2v) is 7.06. The van der Waals surface area contributed by atoms with Gasteiger partial charge in [0.25, 0.3) is 0 Å². The van der Waals surface area contributed by atoms with Crippen LogP contribution in [-0.4, -0.2) is 17.0 Å². The third kappa shape index (κ3) is 4.72. The lowest BCUT2D eigenvalue weighted by Crippen LogP contribution is -2.07. The average Bonchev–Trinajstić information content (AvgIpc) is 2.48. The van der Waals surface area contributed by atoms with Crippen molar-refractivity contribution in [2.24, 2.45) is 0 Å². The van der Waals surface area contributed by atoms with Gasteiger partial charge in [0.15, 0.2) is 0 Å². The predicted molar refractivity (Wildman–Crippen MR) is 99.3 cm³/mol. The number of benzene rings is 1. The molecule has 2 aromatic rings. The minimum Gasteiger partial charge on any atom is -0.372 e. The van der Waals surface area contributed by atoms with Crippen molar-refractivity contribution in [3.8, 4) is 0 Å². The Morgan fingerprint density at radius 2 is 2.14 bits per heavy atom. The highest BCUT2D eigenvalue weighted by atomic mass is 127. The molecule has 6 heteroatoms. The summed E-state index contributed by atoms with van der Waals surface area (Å²) in [6.07, 6.45) is 2.06. The zero-order valence-electron chi connectivity index (χ0n) is 12.0. The fourth-order valence-electron chi connectivity index (χ4n) is 1.88. The molecule has 0 radical (unpaired) electrons. The summed E-state index contributed by atoms with van der Waals surface area (Å²) in [6, 6.07) is 7.85. The van der Waals surface area contributed by atoms with E-state index in [9.17, 15) is 0 Å². The molecule has 0 spiro atoms. The Bertz CT molecular complexity index is 622. The molecule has 2 rings (SSSR count). The summed E-state index contributed by atoms with van der Waals surface area (Å²) >= 11 is 10.0. The first-order chi connectivity index (χ1) is 10.1. The van der Waals surface area contributed by atoms with Gasteiger partial charge in [-0.1, -0.05) is 31.0 Å². The Morgan fingerprint density at radius 1 is 1.33 bits per heavy atom. The molecule has 1 aromatic heterocycles. The van der Waals surface area contributed by atoms with E-state index in [1.165, 1.54) is 0 Å². The van der Waals surface area contributed by atoms with Crippen LogP contribution in [0.1, 0.15) is 24.9 Å². The molecule has 0 amide bonds. The number of aromatic nitrogens is 2. The number of nitrogens with zero attached hydrogens (tertiary/aromatic N) is 2. The topological polar surface area (TPSA) is 37.8 Å². The van der Waals surface area contributed by atoms with Gasteiger partial charge in [-0.3, -0.25) is 0 Å². The fourth-order valence-corrected chi connectivity index (χ4v) is 3.73. The molecule has 1 heterocycles. The smallest absolute Gasteiger partial charge is 0.143 e. The highest BCUT2D eigenvalue weighted by molar-refractivity contribution is 14.1. The van der Waals surface area contributed by atoms with Crippen molar-refractivity contribution >= 4 is 51.8 Å². The second-order valence-electron chi connectivity index (χ2n) is 4.50. The zero-order chi connectivity index (χ0) is 15.2. The van der Waals surface area contributed by atoms with Crippen LogP contribution in [0.4, 0.5) is 5.82 Å². The number of hydrogen-bond acceptors (Lipinski definition) is 4. The summed E-state index contributed by atoms with van der Waals surface area (Å²) in [4.78, 5) is 10.4. The van der Waals surface area contributed by atoms with Gasteiger partial charge in [-0.15, -0.1) is 11.8 Å². The highest BCUT2D eigenvalue weighted by Crippen LogP contribution is 2.26. The summed E-state index contributed by atoms with van der Waals surface area (Å²) in [5.41, 5.74) is 1.12. The molecule has 0 saturated heterocycles. The summed E-state index contributed by atoms with van der Waals surface area (Å²) in [7, 11) is 1.90. The molecule has 3 nitrogen and oxygen atoms in total. The third-order valence-corrected chi connectivity index (χ3v) is 5.21. The van der Waals surface area contributed by atoms with Crippen LogP contribution in [0.2, 0.25) is 5.02 Å². The van der Waals surface area contributed by atoms with Gasteiger partial charge < -0.3 is 5.32 Å². The van der Waals surface area contributed by atoms with E-state index in [4.69, 9.17) is 16.6 Å². The molecule has 1 N–H and O–H groups in total. The standard InChI is InChI=1S/C15H17ClIN3S/c1-3-5-12-14(17)15(18-2)20-13(19-12)9-21-11-7-4-6-10(16)8-11/h4,6-8H,3,5,9H2,1-2H3,(H,18,19,20). The van der Waals surface area contributed by atoms with Crippen molar-refractivity contribution in [3.05, 3.63) is 44.4 Å². The lowest BCUT2D eigenvalue weighted by atomic mass is 10.2. The summed E-state index contributed by atoms with van der Waals surface area (Å²) in [6.45, 7) is 2.16. The van der Waals surface area contributed by atoms with Gasteiger partial charge >= 0.3 is 0 Å². The van der Waals surface area contributed by atoms with E-state index in [1.54, 1.807) is 11.8 Å². The number of anilines is 1. The van der Waals surface area contributed by atoms with Gasteiger partial charge in [0.1, 0.15) is 11.6 Å². The van der Waals surface area contributed by atoms with E-state index in [-0.39, 0.29) is 0 Å². The van der Waals surface area contributed by atoms with Crippen LogP contribution < -0.4 is 5.32 Å². The first-order valence-corrected chi connectivity index (χ1v) is 9.19. The first kappa shape index (κ1) is 16.8. The van der Waals surface area contributed by atoms with E-state index >= 15 is 0 Å². The van der Waals surface area contributed by atoms with Gasteiger partial charge in [0.2, 0.25) is 0 Å². The zero-order valence-corrected chi connectivity index (χ0v) is 15.7. The van der Waals surface area contributed by atoms with E-state index in [1.807, 2.05) is 25.2 Å². The van der Waals surface area contributed by atoms with Gasteiger partial charge in [-0.05, 0) is 47.2 Å². The molecule has 0 saturated carbocycles. The van der Waals surface area contributed by atoms with Crippen LogP contribution in [0.15, 0.2) is 29.2 Å². The maximum absolute atomic E-state index is 6.01. The lowest BCUT2D eigenvalue weighted by Gasteiger charge is -2.10. The number of rotatable bonds is 6. The maximum Gasteiger partial charge on any atom is 0.143 e. The minimum absolute atomic E-state index is 0.739. The van der Waals surface area contributed by atoms with Crippen molar-refractivity contribution in [2.75, 3.05) is 12.4 Å². The molecule has 112 valence electrons. The predicted octanol–water partition coefficient (Wildman–Crippen LogP) is 5.02. The van der Waals surface area contributed by atoms with Crippen molar-refractivity contribution in [1.82, 2.24) is 9.97 Å². The molecule has 0 unspecified atom stereocenters. The summed E-state index contributed by atoms with van der Waals surface area (Å²) in [5.74, 6) is 2.51. The maximum atomic E-state index is 6.01. The summed E-state index contributed by atoms with van der Waals surface area (Å²) in [5, 5.41) is 3.91. The monoisotopic (exact) mass is 433 g/mol. The Labute approximate surface area is 148 Å². The van der Waals surface area contributed by atoms with Crippen molar-refractivity contribution < 1.29 is 0 Å². The van der Waals surface area contributed by atoms with E-state index in [0.29, 0.717) is 0 Å². The Balaban J connectivity index is 2.17. The van der Waals surface area contributed by atoms with Crippen LogP contribution in [0, 0.1) is 3.57 Å². The first-order valence-electron chi connectivity index (χ1n) is 6.75. The highest BCUT2D eigenvalue weighted by Gasteiger charge is 2.11. The molecule has 21 heavy (non-hydrogen) atoms. The number of halogens is 2. The molecule has 0 aliphatic rings.